The highest BCUT2D eigenvalue weighted by Gasteiger charge is 2.24. The first-order valence-electron chi connectivity index (χ1n) is 8.96. The Labute approximate surface area is 171 Å². The minimum Gasteiger partial charge on any atom is -0.460 e. The van der Waals surface area contributed by atoms with E-state index in [1.54, 1.807) is 10.3 Å². The molecule has 4 rings (SSSR count). The lowest BCUT2D eigenvalue weighted by Gasteiger charge is -2.10. The van der Waals surface area contributed by atoms with Crippen molar-refractivity contribution in [1.29, 1.82) is 0 Å². The Morgan fingerprint density at radius 1 is 1.32 bits per heavy atom. The van der Waals surface area contributed by atoms with E-state index in [2.05, 4.69) is 9.97 Å². The van der Waals surface area contributed by atoms with Gasteiger partial charge in [0.2, 0.25) is 5.91 Å². The third kappa shape index (κ3) is 4.00. The molecule has 1 aliphatic rings. The number of halogens is 1. The molecule has 1 aromatic carbocycles. The molecule has 6 nitrogen and oxygen atoms in total. The lowest BCUT2D eigenvalue weighted by atomic mass is 10.1. The zero-order valence-corrected chi connectivity index (χ0v) is 16.8. The molecule has 0 bridgehead atoms. The minimum atomic E-state index is -0.398. The first-order chi connectivity index (χ1) is 13.5. The van der Waals surface area contributed by atoms with Crippen LogP contribution in [0.25, 0.3) is 10.9 Å². The molecule has 8 heteroatoms. The maximum absolute atomic E-state index is 12.2. The van der Waals surface area contributed by atoms with E-state index < -0.39 is 5.97 Å². The molecule has 2 aromatic heterocycles. The monoisotopic (exact) mass is 415 g/mol. The summed E-state index contributed by atoms with van der Waals surface area (Å²) >= 11 is 7.61. The molecular weight excluding hydrogens is 398 g/mol. The van der Waals surface area contributed by atoms with E-state index >= 15 is 0 Å². The molecule has 1 saturated heterocycles. The second-order valence-electron chi connectivity index (χ2n) is 6.74. The van der Waals surface area contributed by atoms with Crippen LogP contribution in [0.5, 0.6) is 0 Å². The number of esters is 1. The minimum absolute atomic E-state index is 0.0517. The Kier molecular flexibility index (Phi) is 5.28. The van der Waals surface area contributed by atoms with Crippen molar-refractivity contribution in [3.8, 4) is 0 Å². The maximum Gasteiger partial charge on any atom is 0.312 e. The van der Waals surface area contributed by atoms with Gasteiger partial charge >= 0.3 is 5.97 Å². The van der Waals surface area contributed by atoms with Crippen LogP contribution in [-0.4, -0.2) is 28.4 Å². The number of ether oxygens (including phenoxy) is 1. The summed E-state index contributed by atoms with van der Waals surface area (Å²) in [6, 6.07) is 7.81. The molecular formula is C20H18ClN3O3S. The first kappa shape index (κ1) is 18.8. The Balaban J connectivity index is 1.39. The molecule has 1 fully saturated rings. The Bertz CT molecular complexity index is 1070. The van der Waals surface area contributed by atoms with Gasteiger partial charge in [0.1, 0.15) is 11.8 Å². The fourth-order valence-electron chi connectivity index (χ4n) is 3.11. The number of benzene rings is 1. The van der Waals surface area contributed by atoms with Gasteiger partial charge in [0, 0.05) is 29.3 Å². The predicted molar refractivity (Wildman–Crippen MR) is 109 cm³/mol. The van der Waals surface area contributed by atoms with Crippen LogP contribution in [0.1, 0.15) is 29.7 Å². The molecule has 3 aromatic rings. The van der Waals surface area contributed by atoms with E-state index in [1.165, 1.54) is 11.3 Å². The quantitative estimate of drug-likeness (QED) is 0.464. The highest BCUT2D eigenvalue weighted by Crippen LogP contribution is 2.26. The third-order valence-electron chi connectivity index (χ3n) is 4.56. The number of aromatic nitrogens is 2. The summed E-state index contributed by atoms with van der Waals surface area (Å²) in [6.45, 7) is 2.73. The smallest absolute Gasteiger partial charge is 0.312 e. The van der Waals surface area contributed by atoms with Crippen LogP contribution in [0.2, 0.25) is 5.15 Å². The summed E-state index contributed by atoms with van der Waals surface area (Å²) in [4.78, 5) is 34.4. The number of thiazole rings is 1. The van der Waals surface area contributed by atoms with Gasteiger partial charge < -0.3 is 4.74 Å². The summed E-state index contributed by atoms with van der Waals surface area (Å²) in [5.74, 6) is -0.318. The molecule has 1 amide bonds. The van der Waals surface area contributed by atoms with Gasteiger partial charge in [0.25, 0.3) is 0 Å². The number of fused-ring (bicyclic) bond motifs is 1. The molecule has 0 radical (unpaired) electrons. The Hall–Kier alpha value is -2.51. The molecule has 0 spiro atoms. The number of carbonyl (C=O) groups is 2. The topological polar surface area (TPSA) is 72.4 Å². The van der Waals surface area contributed by atoms with Crippen molar-refractivity contribution in [1.82, 2.24) is 9.97 Å². The number of hydrogen-bond acceptors (Lipinski definition) is 6. The van der Waals surface area contributed by atoms with Gasteiger partial charge in [-0.25, -0.2) is 9.97 Å². The number of carbonyl (C=O) groups excluding carboxylic acids is 2. The van der Waals surface area contributed by atoms with Gasteiger partial charge in [-0.2, -0.15) is 0 Å². The number of amides is 1. The van der Waals surface area contributed by atoms with Crippen LogP contribution in [0.4, 0.5) is 5.13 Å². The van der Waals surface area contributed by atoms with Crippen molar-refractivity contribution < 1.29 is 14.3 Å². The predicted octanol–water partition coefficient (Wildman–Crippen LogP) is 4.07. The lowest BCUT2D eigenvalue weighted by Crippen LogP contribution is -2.23. The molecule has 0 aliphatic carbocycles. The summed E-state index contributed by atoms with van der Waals surface area (Å²) in [7, 11) is 0. The lowest BCUT2D eigenvalue weighted by molar-refractivity contribution is -0.144. The van der Waals surface area contributed by atoms with Crippen molar-refractivity contribution in [2.75, 3.05) is 11.4 Å². The van der Waals surface area contributed by atoms with Crippen molar-refractivity contribution in [2.45, 2.75) is 32.8 Å². The SMILES string of the molecule is Cc1ccc2cc(COC(=O)Cc3csc(N4CCCC4=O)n3)c(Cl)nc2c1. The third-order valence-corrected chi connectivity index (χ3v) is 5.80. The number of anilines is 1. The van der Waals surface area contributed by atoms with Crippen LogP contribution in [0.3, 0.4) is 0 Å². The summed E-state index contributed by atoms with van der Waals surface area (Å²) in [6.07, 6.45) is 1.45. The van der Waals surface area contributed by atoms with E-state index in [9.17, 15) is 9.59 Å². The molecule has 3 heterocycles. The van der Waals surface area contributed by atoms with Gasteiger partial charge in [0.15, 0.2) is 5.13 Å². The van der Waals surface area contributed by atoms with Crippen LogP contribution < -0.4 is 4.90 Å². The zero-order chi connectivity index (χ0) is 19.7. The maximum atomic E-state index is 12.2. The first-order valence-corrected chi connectivity index (χ1v) is 10.2. The van der Waals surface area contributed by atoms with Crippen LogP contribution in [0, 0.1) is 6.92 Å². The van der Waals surface area contributed by atoms with Crippen LogP contribution >= 0.6 is 22.9 Å². The van der Waals surface area contributed by atoms with Gasteiger partial charge in [-0.15, -0.1) is 11.3 Å². The van der Waals surface area contributed by atoms with Crippen molar-refractivity contribution in [3.05, 3.63) is 51.6 Å². The summed E-state index contributed by atoms with van der Waals surface area (Å²) < 4.78 is 5.36. The van der Waals surface area contributed by atoms with Gasteiger partial charge in [-0.05, 0) is 31.0 Å². The molecule has 0 unspecified atom stereocenters. The largest absolute Gasteiger partial charge is 0.460 e. The summed E-state index contributed by atoms with van der Waals surface area (Å²) in [5.41, 5.74) is 3.18. The second-order valence-corrected chi connectivity index (χ2v) is 7.94. The van der Waals surface area contributed by atoms with E-state index in [1.807, 2.05) is 31.2 Å². The zero-order valence-electron chi connectivity index (χ0n) is 15.3. The summed E-state index contributed by atoms with van der Waals surface area (Å²) in [5, 5.41) is 3.70. The van der Waals surface area contributed by atoms with E-state index in [-0.39, 0.29) is 18.9 Å². The fraction of sp³-hybridized carbons (Fsp3) is 0.300. The molecule has 0 N–H and O–H groups in total. The average molecular weight is 416 g/mol. The van der Waals surface area contributed by atoms with Crippen molar-refractivity contribution in [3.63, 3.8) is 0 Å². The number of pyridine rings is 1. The van der Waals surface area contributed by atoms with Crippen molar-refractivity contribution in [2.24, 2.45) is 0 Å². The number of aryl methyl sites for hydroxylation is 1. The number of nitrogens with zero attached hydrogens (tertiary/aromatic N) is 3. The van der Waals surface area contributed by atoms with E-state index in [0.717, 1.165) is 22.9 Å². The van der Waals surface area contributed by atoms with Gasteiger partial charge in [-0.1, -0.05) is 23.7 Å². The molecule has 1 aliphatic heterocycles. The Morgan fingerprint density at radius 3 is 2.96 bits per heavy atom. The van der Waals surface area contributed by atoms with Gasteiger partial charge in [0.05, 0.1) is 17.6 Å². The van der Waals surface area contributed by atoms with Crippen molar-refractivity contribution >= 4 is 50.8 Å². The highest BCUT2D eigenvalue weighted by atomic mass is 35.5. The van der Waals surface area contributed by atoms with Crippen LogP contribution in [0.15, 0.2) is 29.6 Å². The molecule has 144 valence electrons. The fourth-order valence-corrected chi connectivity index (χ4v) is 4.18. The molecule has 0 atom stereocenters. The van der Waals surface area contributed by atoms with Crippen LogP contribution in [-0.2, 0) is 27.4 Å². The normalized spacial score (nSPS) is 14.1. The standard InChI is InChI=1S/C20H18ClN3O3S/c1-12-4-5-13-8-14(19(21)23-16(13)7-12)10-27-18(26)9-15-11-28-20(22-15)24-6-2-3-17(24)25/h4-5,7-8,11H,2-3,6,9-10H2,1H3. The molecule has 28 heavy (non-hydrogen) atoms. The number of rotatable bonds is 5. The second kappa shape index (κ2) is 7.85. The number of hydrogen-bond donors (Lipinski definition) is 0. The average Bonchev–Trinajstić information content (AvgIpc) is 3.28. The van der Waals surface area contributed by atoms with E-state index in [4.69, 9.17) is 16.3 Å². The Morgan fingerprint density at radius 2 is 2.18 bits per heavy atom. The highest BCUT2D eigenvalue weighted by molar-refractivity contribution is 7.14. The van der Waals surface area contributed by atoms with E-state index in [0.29, 0.717) is 34.5 Å². The molecule has 0 saturated carbocycles. The van der Waals surface area contributed by atoms with Gasteiger partial charge in [-0.3, -0.25) is 14.5 Å².